The van der Waals surface area contributed by atoms with E-state index in [1.807, 2.05) is 13.0 Å². The summed E-state index contributed by atoms with van der Waals surface area (Å²) in [6.07, 6.45) is 2.27. The van der Waals surface area contributed by atoms with Crippen LogP contribution in [0.2, 0.25) is 0 Å². The molecule has 23 heavy (non-hydrogen) atoms. The van der Waals surface area contributed by atoms with Crippen LogP contribution in [0.25, 0.3) is 0 Å². The Morgan fingerprint density at radius 1 is 1.35 bits per heavy atom. The number of hydrogen-bond acceptors (Lipinski definition) is 3. The molecular formula is C16H27IN4O2. The number of nitrogens with one attached hydrogen (secondary N) is 2. The van der Waals surface area contributed by atoms with E-state index >= 15 is 0 Å². The van der Waals surface area contributed by atoms with E-state index in [1.54, 1.807) is 12.1 Å². The van der Waals surface area contributed by atoms with Gasteiger partial charge in [0.25, 0.3) is 5.69 Å². The van der Waals surface area contributed by atoms with E-state index in [1.165, 1.54) is 12.5 Å². The lowest BCUT2D eigenvalue weighted by atomic mass is 10.1. The number of nitrogens with zero attached hydrogens (tertiary/aromatic N) is 2. The summed E-state index contributed by atoms with van der Waals surface area (Å²) >= 11 is 0. The molecule has 2 N–H and O–H groups in total. The molecule has 0 aliphatic rings. The fraction of sp³-hybridized carbons (Fsp3) is 0.562. The maximum absolute atomic E-state index is 10.8. The van der Waals surface area contributed by atoms with Gasteiger partial charge in [0.05, 0.1) is 11.5 Å². The Balaban J connectivity index is 0.00000484. The van der Waals surface area contributed by atoms with Gasteiger partial charge in [0, 0.05) is 25.2 Å². The van der Waals surface area contributed by atoms with Crippen LogP contribution in [0, 0.1) is 16.0 Å². The number of nitro groups is 1. The molecule has 0 spiro atoms. The van der Waals surface area contributed by atoms with Gasteiger partial charge in [-0.05, 0) is 31.2 Å². The highest BCUT2D eigenvalue weighted by Crippen LogP contribution is 2.13. The lowest BCUT2D eigenvalue weighted by Gasteiger charge is -2.12. The molecule has 0 unspecified atom stereocenters. The fourth-order valence-electron chi connectivity index (χ4n) is 2.00. The number of halogens is 1. The average molecular weight is 434 g/mol. The Bertz CT molecular complexity index is 507. The summed E-state index contributed by atoms with van der Waals surface area (Å²) in [4.78, 5) is 14.9. The predicted molar refractivity (Wildman–Crippen MR) is 105 cm³/mol. The molecule has 0 fully saturated rings. The second-order valence-electron chi connectivity index (χ2n) is 5.59. The summed E-state index contributed by atoms with van der Waals surface area (Å²) in [5, 5.41) is 17.2. The molecule has 0 bridgehead atoms. The first-order valence-electron chi connectivity index (χ1n) is 7.78. The van der Waals surface area contributed by atoms with E-state index < -0.39 is 0 Å². The van der Waals surface area contributed by atoms with Crippen molar-refractivity contribution in [1.29, 1.82) is 0 Å². The maximum Gasteiger partial charge on any atom is 0.269 e. The molecule has 7 heteroatoms. The van der Waals surface area contributed by atoms with Gasteiger partial charge in [-0.3, -0.25) is 10.1 Å². The van der Waals surface area contributed by atoms with E-state index in [2.05, 4.69) is 29.5 Å². The molecule has 130 valence electrons. The number of rotatable bonds is 8. The first-order chi connectivity index (χ1) is 10.5. The van der Waals surface area contributed by atoms with Gasteiger partial charge in [0.2, 0.25) is 0 Å². The molecule has 0 aliphatic carbocycles. The van der Waals surface area contributed by atoms with Gasteiger partial charge in [-0.25, -0.2) is 4.99 Å². The SMILES string of the molecule is CCNC(=NCc1cccc([N+](=O)[O-])c1)NCCCC(C)C.I. The first kappa shape index (κ1) is 21.6. The van der Waals surface area contributed by atoms with E-state index in [0.29, 0.717) is 12.5 Å². The van der Waals surface area contributed by atoms with Crippen molar-refractivity contribution in [1.82, 2.24) is 10.6 Å². The summed E-state index contributed by atoms with van der Waals surface area (Å²) < 4.78 is 0. The highest BCUT2D eigenvalue weighted by Gasteiger charge is 2.05. The summed E-state index contributed by atoms with van der Waals surface area (Å²) in [6.45, 7) is 8.51. The van der Waals surface area contributed by atoms with E-state index in [9.17, 15) is 10.1 Å². The standard InChI is InChI=1S/C16H26N4O2.HI/c1-4-17-16(18-10-6-7-13(2)3)19-12-14-8-5-9-15(11-14)20(21)22;/h5,8-9,11,13H,4,6-7,10,12H2,1-3H3,(H2,17,18,19);1H. The van der Waals surface area contributed by atoms with Crippen LogP contribution in [0.15, 0.2) is 29.3 Å². The van der Waals surface area contributed by atoms with Crippen molar-refractivity contribution in [3.63, 3.8) is 0 Å². The molecule has 1 aromatic rings. The van der Waals surface area contributed by atoms with Crippen LogP contribution in [-0.4, -0.2) is 24.0 Å². The number of non-ortho nitro benzene ring substituents is 1. The molecule has 0 aromatic heterocycles. The minimum atomic E-state index is -0.386. The van der Waals surface area contributed by atoms with Crippen LogP contribution in [0.4, 0.5) is 5.69 Å². The summed E-state index contributed by atoms with van der Waals surface area (Å²) in [6, 6.07) is 6.58. The van der Waals surface area contributed by atoms with Gasteiger partial charge in [0.15, 0.2) is 5.96 Å². The van der Waals surface area contributed by atoms with Crippen molar-refractivity contribution in [3.05, 3.63) is 39.9 Å². The van der Waals surface area contributed by atoms with Gasteiger partial charge in [0.1, 0.15) is 0 Å². The molecule has 0 saturated heterocycles. The Morgan fingerprint density at radius 2 is 2.09 bits per heavy atom. The molecule has 1 rings (SSSR count). The average Bonchev–Trinajstić information content (AvgIpc) is 2.49. The summed E-state index contributed by atoms with van der Waals surface area (Å²) in [5.74, 6) is 1.45. The van der Waals surface area contributed by atoms with Crippen LogP contribution in [-0.2, 0) is 6.54 Å². The Kier molecular flexibility index (Phi) is 11.4. The Hall–Kier alpha value is -1.38. The third kappa shape index (κ3) is 9.37. The van der Waals surface area contributed by atoms with Gasteiger partial charge in [-0.15, -0.1) is 24.0 Å². The first-order valence-corrected chi connectivity index (χ1v) is 7.78. The zero-order valence-corrected chi connectivity index (χ0v) is 16.4. The highest BCUT2D eigenvalue weighted by molar-refractivity contribution is 14.0. The molecule has 0 saturated carbocycles. The Labute approximate surface area is 155 Å². The third-order valence-electron chi connectivity index (χ3n) is 3.14. The zero-order chi connectivity index (χ0) is 16.4. The lowest BCUT2D eigenvalue weighted by Crippen LogP contribution is -2.37. The minimum Gasteiger partial charge on any atom is -0.357 e. The molecule has 0 amide bonds. The number of benzene rings is 1. The van der Waals surface area contributed by atoms with E-state index in [0.717, 1.165) is 31.0 Å². The number of hydrogen-bond donors (Lipinski definition) is 2. The molecule has 6 nitrogen and oxygen atoms in total. The van der Waals surface area contributed by atoms with Crippen LogP contribution < -0.4 is 10.6 Å². The Morgan fingerprint density at radius 3 is 2.70 bits per heavy atom. The van der Waals surface area contributed by atoms with E-state index in [-0.39, 0.29) is 34.6 Å². The topological polar surface area (TPSA) is 79.6 Å². The second kappa shape index (κ2) is 12.1. The van der Waals surface area contributed by atoms with Crippen LogP contribution in [0.5, 0.6) is 0 Å². The monoisotopic (exact) mass is 434 g/mol. The predicted octanol–water partition coefficient (Wildman–Crippen LogP) is 3.70. The van der Waals surface area contributed by atoms with Gasteiger partial charge >= 0.3 is 0 Å². The molecule has 0 atom stereocenters. The van der Waals surface area contributed by atoms with Gasteiger partial charge in [-0.2, -0.15) is 0 Å². The number of aliphatic imine (C=N–C) groups is 1. The highest BCUT2D eigenvalue weighted by atomic mass is 127. The van der Waals surface area contributed by atoms with Crippen molar-refractivity contribution in [3.8, 4) is 0 Å². The van der Waals surface area contributed by atoms with Crippen LogP contribution in [0.1, 0.15) is 39.2 Å². The van der Waals surface area contributed by atoms with Gasteiger partial charge < -0.3 is 10.6 Å². The quantitative estimate of drug-likeness (QED) is 0.163. The van der Waals surface area contributed by atoms with Crippen molar-refractivity contribution < 1.29 is 4.92 Å². The fourth-order valence-corrected chi connectivity index (χ4v) is 2.00. The molecule has 0 heterocycles. The van der Waals surface area contributed by atoms with Crippen molar-refractivity contribution in [2.75, 3.05) is 13.1 Å². The van der Waals surface area contributed by atoms with Crippen LogP contribution >= 0.6 is 24.0 Å². The smallest absolute Gasteiger partial charge is 0.269 e. The summed E-state index contributed by atoms with van der Waals surface area (Å²) in [7, 11) is 0. The zero-order valence-electron chi connectivity index (χ0n) is 14.0. The van der Waals surface area contributed by atoms with Crippen molar-refractivity contribution in [2.45, 2.75) is 40.2 Å². The second-order valence-corrected chi connectivity index (χ2v) is 5.59. The molecule has 0 radical (unpaired) electrons. The third-order valence-corrected chi connectivity index (χ3v) is 3.14. The molecule has 0 aliphatic heterocycles. The largest absolute Gasteiger partial charge is 0.357 e. The van der Waals surface area contributed by atoms with Gasteiger partial charge in [-0.1, -0.05) is 26.0 Å². The molecular weight excluding hydrogens is 407 g/mol. The summed E-state index contributed by atoms with van der Waals surface area (Å²) in [5.41, 5.74) is 0.927. The van der Waals surface area contributed by atoms with E-state index in [4.69, 9.17) is 0 Å². The number of nitro benzene ring substituents is 1. The van der Waals surface area contributed by atoms with Crippen molar-refractivity contribution in [2.24, 2.45) is 10.9 Å². The van der Waals surface area contributed by atoms with Crippen LogP contribution in [0.3, 0.4) is 0 Å². The van der Waals surface area contributed by atoms with Crippen molar-refractivity contribution >= 4 is 35.6 Å². The maximum atomic E-state index is 10.8. The number of guanidine groups is 1. The normalized spacial score (nSPS) is 11.0. The molecule has 1 aromatic carbocycles. The minimum absolute atomic E-state index is 0. The lowest BCUT2D eigenvalue weighted by molar-refractivity contribution is -0.384.